The number of carbonyl (C=O) groups excluding carboxylic acids is 1. The van der Waals surface area contributed by atoms with Crippen LogP contribution in [0.25, 0.3) is 0 Å². The van der Waals surface area contributed by atoms with Crippen LogP contribution >= 0.6 is 0 Å². The Morgan fingerprint density at radius 1 is 1.64 bits per heavy atom. The second kappa shape index (κ2) is 4.75. The van der Waals surface area contributed by atoms with Gasteiger partial charge in [0.25, 0.3) is 0 Å². The van der Waals surface area contributed by atoms with Gasteiger partial charge < -0.3 is 15.7 Å². The van der Waals surface area contributed by atoms with E-state index >= 15 is 0 Å². The molecule has 0 aliphatic carbocycles. The van der Waals surface area contributed by atoms with E-state index in [2.05, 4.69) is 10.6 Å². The van der Waals surface area contributed by atoms with Gasteiger partial charge in [0, 0.05) is 25.1 Å². The van der Waals surface area contributed by atoms with Crippen molar-refractivity contribution in [2.24, 2.45) is 11.3 Å². The van der Waals surface area contributed by atoms with E-state index in [1.165, 1.54) is 0 Å². The Balaban J connectivity index is 2.27. The van der Waals surface area contributed by atoms with Crippen molar-refractivity contribution in [3.63, 3.8) is 0 Å². The van der Waals surface area contributed by atoms with Crippen LogP contribution in [0.3, 0.4) is 0 Å². The van der Waals surface area contributed by atoms with E-state index in [9.17, 15) is 4.79 Å². The molecule has 1 unspecified atom stereocenters. The molecule has 3 N–H and O–H groups in total. The third kappa shape index (κ3) is 3.27. The SMILES string of the molecule is CC(C)(CO)CNC(=O)C1CCNC1. The van der Waals surface area contributed by atoms with E-state index in [-0.39, 0.29) is 23.8 Å². The van der Waals surface area contributed by atoms with Gasteiger partial charge in [-0.1, -0.05) is 13.8 Å². The molecule has 4 nitrogen and oxygen atoms in total. The molecule has 4 heteroatoms. The monoisotopic (exact) mass is 200 g/mol. The molecule has 0 saturated carbocycles. The van der Waals surface area contributed by atoms with E-state index in [4.69, 9.17) is 5.11 Å². The fourth-order valence-electron chi connectivity index (χ4n) is 1.41. The summed E-state index contributed by atoms with van der Waals surface area (Å²) in [5.74, 6) is 0.223. The molecule has 0 bridgehead atoms. The Hall–Kier alpha value is -0.610. The van der Waals surface area contributed by atoms with E-state index in [1.807, 2.05) is 13.8 Å². The molecule has 0 spiro atoms. The van der Waals surface area contributed by atoms with Gasteiger partial charge >= 0.3 is 0 Å². The Bertz CT molecular complexity index is 198. The van der Waals surface area contributed by atoms with E-state index in [0.717, 1.165) is 19.5 Å². The molecule has 0 aromatic carbocycles. The second-order valence-corrected chi connectivity index (χ2v) is 4.73. The molecular formula is C10H20N2O2. The van der Waals surface area contributed by atoms with E-state index in [1.54, 1.807) is 0 Å². The Kier molecular flexibility index (Phi) is 3.89. The van der Waals surface area contributed by atoms with Gasteiger partial charge in [-0.3, -0.25) is 4.79 Å². The van der Waals surface area contributed by atoms with Crippen molar-refractivity contribution in [2.45, 2.75) is 20.3 Å². The maximum Gasteiger partial charge on any atom is 0.224 e. The Morgan fingerprint density at radius 2 is 2.36 bits per heavy atom. The van der Waals surface area contributed by atoms with Gasteiger partial charge in [-0.15, -0.1) is 0 Å². The zero-order valence-corrected chi connectivity index (χ0v) is 8.97. The summed E-state index contributed by atoms with van der Waals surface area (Å²) in [6.07, 6.45) is 0.922. The van der Waals surface area contributed by atoms with E-state index < -0.39 is 0 Å². The zero-order chi connectivity index (χ0) is 10.6. The summed E-state index contributed by atoms with van der Waals surface area (Å²) < 4.78 is 0. The highest BCUT2D eigenvalue weighted by molar-refractivity contribution is 5.79. The van der Waals surface area contributed by atoms with Crippen LogP contribution in [0, 0.1) is 11.3 Å². The lowest BCUT2D eigenvalue weighted by molar-refractivity contribution is -0.124. The van der Waals surface area contributed by atoms with Gasteiger partial charge in [0.15, 0.2) is 0 Å². The molecule has 1 amide bonds. The van der Waals surface area contributed by atoms with Crippen molar-refractivity contribution in [1.82, 2.24) is 10.6 Å². The molecule has 0 aromatic rings. The third-order valence-corrected chi connectivity index (χ3v) is 2.60. The summed E-state index contributed by atoms with van der Waals surface area (Å²) >= 11 is 0. The van der Waals surface area contributed by atoms with Crippen LogP contribution in [0.5, 0.6) is 0 Å². The standard InChI is InChI=1S/C10H20N2O2/c1-10(2,7-13)6-12-9(14)8-3-4-11-5-8/h8,11,13H,3-7H2,1-2H3,(H,12,14). The smallest absolute Gasteiger partial charge is 0.224 e. The van der Waals surface area contributed by atoms with Gasteiger partial charge in [-0.2, -0.15) is 0 Å². The average molecular weight is 200 g/mol. The van der Waals surface area contributed by atoms with Crippen molar-refractivity contribution in [3.8, 4) is 0 Å². The fraction of sp³-hybridized carbons (Fsp3) is 0.900. The van der Waals surface area contributed by atoms with Gasteiger partial charge in [0.2, 0.25) is 5.91 Å². The largest absolute Gasteiger partial charge is 0.396 e. The predicted molar refractivity (Wildman–Crippen MR) is 54.9 cm³/mol. The minimum Gasteiger partial charge on any atom is -0.396 e. The maximum absolute atomic E-state index is 11.6. The average Bonchev–Trinajstić information content (AvgIpc) is 2.67. The Morgan fingerprint density at radius 3 is 2.86 bits per heavy atom. The molecule has 0 aromatic heterocycles. The van der Waals surface area contributed by atoms with Gasteiger partial charge in [0.05, 0.1) is 5.92 Å². The normalized spacial score (nSPS) is 22.4. The molecule has 1 fully saturated rings. The molecule has 82 valence electrons. The quantitative estimate of drug-likeness (QED) is 0.585. The minimum atomic E-state index is -0.221. The molecule has 0 radical (unpaired) electrons. The number of rotatable bonds is 4. The summed E-state index contributed by atoms with van der Waals surface area (Å²) in [5.41, 5.74) is -0.221. The lowest BCUT2D eigenvalue weighted by Gasteiger charge is -2.22. The van der Waals surface area contributed by atoms with Gasteiger partial charge in [-0.05, 0) is 13.0 Å². The van der Waals surface area contributed by atoms with Crippen molar-refractivity contribution in [3.05, 3.63) is 0 Å². The van der Waals surface area contributed by atoms with Crippen LogP contribution in [0.15, 0.2) is 0 Å². The summed E-state index contributed by atoms with van der Waals surface area (Å²) in [4.78, 5) is 11.6. The highest BCUT2D eigenvalue weighted by atomic mass is 16.3. The highest BCUT2D eigenvalue weighted by Crippen LogP contribution is 2.13. The first-order valence-corrected chi connectivity index (χ1v) is 5.14. The minimum absolute atomic E-state index is 0.0934. The number of carbonyl (C=O) groups is 1. The third-order valence-electron chi connectivity index (χ3n) is 2.60. The number of hydrogen-bond acceptors (Lipinski definition) is 3. The van der Waals surface area contributed by atoms with Crippen LogP contribution in [-0.4, -0.2) is 37.3 Å². The molecule has 14 heavy (non-hydrogen) atoms. The van der Waals surface area contributed by atoms with Crippen molar-refractivity contribution in [2.75, 3.05) is 26.2 Å². The molecule has 1 heterocycles. The summed E-state index contributed by atoms with van der Waals surface area (Å²) in [6.45, 7) is 6.21. The molecular weight excluding hydrogens is 180 g/mol. The van der Waals surface area contributed by atoms with Crippen LogP contribution in [0.1, 0.15) is 20.3 Å². The lowest BCUT2D eigenvalue weighted by atomic mass is 9.94. The van der Waals surface area contributed by atoms with Crippen molar-refractivity contribution >= 4 is 5.91 Å². The maximum atomic E-state index is 11.6. The van der Waals surface area contributed by atoms with Gasteiger partial charge in [-0.25, -0.2) is 0 Å². The molecule has 1 aliphatic heterocycles. The van der Waals surface area contributed by atoms with Crippen LogP contribution in [0.2, 0.25) is 0 Å². The second-order valence-electron chi connectivity index (χ2n) is 4.73. The Labute approximate surface area is 85.1 Å². The number of aliphatic hydroxyl groups excluding tert-OH is 1. The fourth-order valence-corrected chi connectivity index (χ4v) is 1.41. The number of nitrogens with one attached hydrogen (secondary N) is 2. The zero-order valence-electron chi connectivity index (χ0n) is 8.97. The van der Waals surface area contributed by atoms with Crippen LogP contribution in [-0.2, 0) is 4.79 Å². The van der Waals surface area contributed by atoms with E-state index in [0.29, 0.717) is 6.54 Å². The molecule has 1 aliphatic rings. The van der Waals surface area contributed by atoms with Gasteiger partial charge in [0.1, 0.15) is 0 Å². The van der Waals surface area contributed by atoms with Crippen molar-refractivity contribution in [1.29, 1.82) is 0 Å². The predicted octanol–water partition coefficient (Wildman–Crippen LogP) is -0.269. The first-order valence-electron chi connectivity index (χ1n) is 5.14. The first kappa shape index (κ1) is 11.5. The first-order chi connectivity index (χ1) is 6.55. The van der Waals surface area contributed by atoms with Crippen molar-refractivity contribution < 1.29 is 9.90 Å². The lowest BCUT2D eigenvalue weighted by Crippen LogP contribution is -2.39. The number of hydrogen-bond donors (Lipinski definition) is 3. The molecule has 1 rings (SSSR count). The highest BCUT2D eigenvalue weighted by Gasteiger charge is 2.24. The molecule has 1 saturated heterocycles. The van der Waals surface area contributed by atoms with Crippen LogP contribution in [0.4, 0.5) is 0 Å². The topological polar surface area (TPSA) is 61.4 Å². The number of amides is 1. The number of aliphatic hydroxyl groups is 1. The molecule has 1 atom stereocenters. The summed E-state index contributed by atoms with van der Waals surface area (Å²) in [6, 6.07) is 0. The summed E-state index contributed by atoms with van der Waals surface area (Å²) in [5, 5.41) is 15.0. The summed E-state index contributed by atoms with van der Waals surface area (Å²) in [7, 11) is 0. The van der Waals surface area contributed by atoms with Crippen LogP contribution < -0.4 is 10.6 Å².